The number of nitrogens with zero attached hydrogens (tertiary/aromatic N) is 3. The number of unbranched alkanes of at least 4 members (excludes halogenated alkanes) is 1. The number of hydrogen-bond donors (Lipinski definition) is 0. The van der Waals surface area contributed by atoms with Crippen molar-refractivity contribution in [1.29, 1.82) is 0 Å². The minimum Gasteiger partial charge on any atom is -0.247 e. The van der Waals surface area contributed by atoms with Gasteiger partial charge in [-0.1, -0.05) is 72.8 Å². The van der Waals surface area contributed by atoms with Gasteiger partial charge in [0.25, 0.3) is 0 Å². The minimum atomic E-state index is -0.632. The lowest BCUT2D eigenvalue weighted by Gasteiger charge is -2.19. The van der Waals surface area contributed by atoms with Gasteiger partial charge in [0.05, 0.1) is 13.1 Å². The van der Waals surface area contributed by atoms with Crippen molar-refractivity contribution in [3.63, 3.8) is 0 Å². The van der Waals surface area contributed by atoms with Gasteiger partial charge >= 0.3 is 17.1 Å². The van der Waals surface area contributed by atoms with E-state index in [0.29, 0.717) is 6.42 Å². The van der Waals surface area contributed by atoms with Crippen LogP contribution in [0, 0.1) is 0 Å². The second-order valence-electron chi connectivity index (χ2n) is 7.33. The largest absolute Gasteiger partial charge is 0.336 e. The van der Waals surface area contributed by atoms with Gasteiger partial charge in [-0.05, 0) is 37.5 Å². The maximum absolute atomic E-state index is 12.8. The Kier molecular flexibility index (Phi) is 8.34. The molecule has 0 fully saturated rings. The molecule has 0 N–H and O–H groups in total. The lowest BCUT2D eigenvalue weighted by molar-refractivity contribution is 0.467. The van der Waals surface area contributed by atoms with E-state index in [0.717, 1.165) is 26.3 Å². The van der Waals surface area contributed by atoms with Crippen molar-refractivity contribution in [3.05, 3.63) is 117 Å². The molecule has 2 aromatic carbocycles. The quantitative estimate of drug-likeness (QED) is 0.257. The smallest absolute Gasteiger partial charge is 0.247 e. The normalized spacial score (nSPS) is 10.9. The van der Waals surface area contributed by atoms with Gasteiger partial charge in [0.15, 0.2) is 0 Å². The number of rotatable bonds is 11. The first-order chi connectivity index (χ1) is 15.6. The van der Waals surface area contributed by atoms with Crippen molar-refractivity contribution in [2.24, 2.45) is 0 Å². The van der Waals surface area contributed by atoms with Crippen LogP contribution in [0.2, 0.25) is 0 Å². The molecular weight excluding hydrogens is 421 g/mol. The number of aromatic nitrogens is 3. The van der Waals surface area contributed by atoms with Crippen LogP contribution in [0.5, 0.6) is 0 Å². The number of allylic oxidation sites excluding steroid dienone is 2. The molecule has 166 valence electrons. The Morgan fingerprint density at radius 2 is 1.09 bits per heavy atom. The molecule has 0 aliphatic carbocycles. The van der Waals surface area contributed by atoms with E-state index < -0.39 is 25.0 Å². The van der Waals surface area contributed by atoms with E-state index in [9.17, 15) is 14.4 Å². The van der Waals surface area contributed by atoms with Crippen LogP contribution in [-0.2, 0) is 19.6 Å². The lowest BCUT2D eigenvalue weighted by Crippen LogP contribution is -2.54. The molecule has 0 spiro atoms. The van der Waals surface area contributed by atoms with Crippen LogP contribution in [0.3, 0.4) is 0 Å². The summed E-state index contributed by atoms with van der Waals surface area (Å²) in [4.78, 5) is 38.0. The summed E-state index contributed by atoms with van der Waals surface area (Å²) >= 11 is 0. The average molecular weight is 449 g/mol. The molecule has 0 aliphatic rings. The fraction of sp³-hybridized carbons (Fsp3) is 0.240. The predicted octanol–water partition coefficient (Wildman–Crippen LogP) is 2.46. The summed E-state index contributed by atoms with van der Waals surface area (Å²) in [5.74, 6) is 0. The van der Waals surface area contributed by atoms with Crippen LogP contribution in [0.15, 0.2) is 100 Å². The summed E-state index contributed by atoms with van der Waals surface area (Å²) < 4.78 is 3.24. The Hall–Kier alpha value is -3.24. The first-order valence-corrected chi connectivity index (χ1v) is 12.1. The SMILES string of the molecule is C=CCn1c(=O)n(CC=C)c(=O)n(CCCCP(c2ccccc2)c2ccccc2)c1=O. The highest BCUT2D eigenvalue weighted by molar-refractivity contribution is 7.73. The Labute approximate surface area is 188 Å². The highest BCUT2D eigenvalue weighted by atomic mass is 31.1. The predicted molar refractivity (Wildman–Crippen MR) is 133 cm³/mol. The van der Waals surface area contributed by atoms with E-state index in [2.05, 4.69) is 61.7 Å². The van der Waals surface area contributed by atoms with E-state index in [1.807, 2.05) is 12.1 Å². The van der Waals surface area contributed by atoms with E-state index >= 15 is 0 Å². The summed E-state index contributed by atoms with van der Waals surface area (Å²) in [7, 11) is -0.528. The highest BCUT2D eigenvalue weighted by Gasteiger charge is 2.15. The number of benzene rings is 2. The number of hydrogen-bond acceptors (Lipinski definition) is 3. The Balaban J connectivity index is 1.80. The average Bonchev–Trinajstić information content (AvgIpc) is 2.82. The van der Waals surface area contributed by atoms with Crippen molar-refractivity contribution >= 4 is 18.5 Å². The van der Waals surface area contributed by atoms with Crippen molar-refractivity contribution in [1.82, 2.24) is 13.7 Å². The van der Waals surface area contributed by atoms with E-state index in [1.165, 1.54) is 22.8 Å². The third kappa shape index (κ3) is 5.32. The molecule has 0 bridgehead atoms. The van der Waals surface area contributed by atoms with Gasteiger partial charge in [0.1, 0.15) is 0 Å². The molecular formula is C25H28N3O3P. The van der Waals surface area contributed by atoms with Crippen LogP contribution >= 0.6 is 7.92 Å². The topological polar surface area (TPSA) is 66.0 Å². The molecule has 0 radical (unpaired) electrons. The zero-order valence-corrected chi connectivity index (χ0v) is 19.0. The van der Waals surface area contributed by atoms with Gasteiger partial charge in [0.2, 0.25) is 0 Å². The molecule has 1 heterocycles. The Morgan fingerprint density at radius 3 is 1.53 bits per heavy atom. The zero-order valence-electron chi connectivity index (χ0n) is 18.1. The van der Waals surface area contributed by atoms with Gasteiger partial charge in [-0.3, -0.25) is 0 Å². The van der Waals surface area contributed by atoms with Gasteiger partial charge < -0.3 is 0 Å². The standard InChI is InChI=1S/C25H28N3O3P/c1-3-17-26-23(29)27(18-4-2)25(31)28(24(26)30)19-11-12-20-32(21-13-7-5-8-14-21)22-15-9-6-10-16-22/h3-10,13-16H,1-2,11-12,17-20H2. The molecule has 0 unspecified atom stereocenters. The van der Waals surface area contributed by atoms with Crippen molar-refractivity contribution in [3.8, 4) is 0 Å². The lowest BCUT2D eigenvalue weighted by atomic mass is 10.3. The van der Waals surface area contributed by atoms with E-state index in [4.69, 9.17) is 0 Å². The maximum atomic E-state index is 12.8. The van der Waals surface area contributed by atoms with E-state index in [1.54, 1.807) is 0 Å². The summed E-state index contributed by atoms with van der Waals surface area (Å²) in [6.45, 7) is 7.59. The van der Waals surface area contributed by atoms with Crippen LogP contribution in [0.25, 0.3) is 0 Å². The zero-order chi connectivity index (χ0) is 22.9. The van der Waals surface area contributed by atoms with Crippen LogP contribution in [-0.4, -0.2) is 19.9 Å². The van der Waals surface area contributed by atoms with Crippen molar-refractivity contribution < 1.29 is 0 Å². The first-order valence-electron chi connectivity index (χ1n) is 10.6. The molecule has 0 saturated carbocycles. The van der Waals surface area contributed by atoms with Gasteiger partial charge in [-0.25, -0.2) is 28.1 Å². The van der Waals surface area contributed by atoms with Crippen LogP contribution in [0.4, 0.5) is 0 Å². The molecule has 32 heavy (non-hydrogen) atoms. The third-order valence-electron chi connectivity index (χ3n) is 5.16. The third-order valence-corrected chi connectivity index (χ3v) is 7.76. The molecule has 0 atom stereocenters. The minimum absolute atomic E-state index is 0.0579. The molecule has 0 aliphatic heterocycles. The highest BCUT2D eigenvalue weighted by Crippen LogP contribution is 2.34. The monoisotopic (exact) mass is 449 g/mol. The van der Waals surface area contributed by atoms with Crippen LogP contribution < -0.4 is 27.7 Å². The first kappa shape index (κ1) is 23.4. The molecule has 7 heteroatoms. The maximum Gasteiger partial charge on any atom is 0.336 e. The summed E-state index contributed by atoms with van der Waals surface area (Å²) in [5, 5.41) is 2.61. The summed E-state index contributed by atoms with van der Waals surface area (Å²) in [6.07, 6.45) is 5.41. The summed E-state index contributed by atoms with van der Waals surface area (Å²) in [5.41, 5.74) is -1.81. The van der Waals surface area contributed by atoms with E-state index in [-0.39, 0.29) is 19.6 Å². The van der Waals surface area contributed by atoms with Gasteiger partial charge in [0, 0.05) is 6.54 Å². The molecule has 1 aromatic heterocycles. The second-order valence-corrected chi connectivity index (χ2v) is 9.66. The van der Waals surface area contributed by atoms with Crippen molar-refractivity contribution in [2.45, 2.75) is 32.5 Å². The molecule has 3 aromatic rings. The Bertz CT molecular complexity index is 1140. The fourth-order valence-corrected chi connectivity index (χ4v) is 6.03. The molecule has 0 amide bonds. The molecule has 6 nitrogen and oxygen atoms in total. The fourth-order valence-electron chi connectivity index (χ4n) is 3.61. The second kappa shape index (κ2) is 11.4. The van der Waals surface area contributed by atoms with Gasteiger partial charge in [-0.15, -0.1) is 13.2 Å². The van der Waals surface area contributed by atoms with Crippen LogP contribution in [0.1, 0.15) is 12.8 Å². The van der Waals surface area contributed by atoms with Gasteiger partial charge in [-0.2, -0.15) is 0 Å². The molecule has 0 saturated heterocycles. The Morgan fingerprint density at radius 1 is 0.656 bits per heavy atom. The summed E-state index contributed by atoms with van der Waals surface area (Å²) in [6, 6.07) is 20.9. The molecule has 3 rings (SSSR count). The van der Waals surface area contributed by atoms with Crippen molar-refractivity contribution in [2.75, 3.05) is 6.16 Å².